The van der Waals surface area contributed by atoms with E-state index in [1.165, 1.54) is 18.5 Å². The Morgan fingerprint density at radius 2 is 2.17 bits per heavy atom. The zero-order chi connectivity index (χ0) is 9.14. The van der Waals surface area contributed by atoms with Crippen LogP contribution in [0.2, 0.25) is 0 Å². The second kappa shape index (κ2) is 3.51. The van der Waals surface area contributed by atoms with Crippen LogP contribution in [0.25, 0.3) is 0 Å². The number of hydrogen-bond donors (Lipinski definition) is 3. The van der Waals surface area contributed by atoms with Gasteiger partial charge in [0.25, 0.3) is 0 Å². The van der Waals surface area contributed by atoms with Crippen molar-refractivity contribution in [2.24, 2.45) is 5.73 Å². The van der Waals surface area contributed by atoms with Crippen LogP contribution in [0.4, 0.5) is 0 Å². The van der Waals surface area contributed by atoms with E-state index < -0.39 is 12.1 Å². The van der Waals surface area contributed by atoms with Crippen molar-refractivity contribution >= 4 is 0 Å². The quantitative estimate of drug-likeness (QED) is 0.588. The molecule has 0 fully saturated rings. The predicted molar refractivity (Wildman–Crippen MR) is 44.5 cm³/mol. The van der Waals surface area contributed by atoms with E-state index >= 15 is 0 Å². The Morgan fingerprint density at radius 3 is 2.67 bits per heavy atom. The molecular weight excluding hydrogens is 156 g/mol. The minimum atomic E-state index is -0.645. The fraction of sp³-hybridized carbons (Fsp3) is 0.375. The third kappa shape index (κ3) is 1.93. The van der Waals surface area contributed by atoms with Gasteiger partial charge in [-0.15, -0.1) is 0 Å². The first-order valence-corrected chi connectivity index (χ1v) is 3.69. The highest BCUT2D eigenvalue weighted by atomic mass is 16.3. The molecule has 1 rings (SSSR count). The molecule has 0 saturated heterocycles. The van der Waals surface area contributed by atoms with Crippen molar-refractivity contribution in [1.29, 1.82) is 0 Å². The summed E-state index contributed by atoms with van der Waals surface area (Å²) in [6.45, 7) is 1.59. The van der Waals surface area contributed by atoms with Gasteiger partial charge in [0.2, 0.25) is 0 Å². The first-order chi connectivity index (χ1) is 5.61. The Balaban J connectivity index is 2.88. The van der Waals surface area contributed by atoms with Gasteiger partial charge in [0.05, 0.1) is 18.3 Å². The minimum Gasteiger partial charge on any atom is -0.506 e. The van der Waals surface area contributed by atoms with E-state index in [4.69, 9.17) is 15.9 Å². The normalized spacial score (nSPS) is 15.6. The summed E-state index contributed by atoms with van der Waals surface area (Å²) in [6, 6.07) is 0.995. The zero-order valence-corrected chi connectivity index (χ0v) is 6.81. The second-order valence-corrected chi connectivity index (χ2v) is 2.74. The number of nitrogens with zero attached hydrogens (tertiary/aromatic N) is 1. The number of rotatable bonds is 2. The van der Waals surface area contributed by atoms with Crippen LogP contribution in [0, 0.1) is 0 Å². The van der Waals surface area contributed by atoms with E-state index in [2.05, 4.69) is 4.98 Å². The summed E-state index contributed by atoms with van der Waals surface area (Å²) in [5.41, 5.74) is 6.24. The fourth-order valence-corrected chi connectivity index (χ4v) is 0.906. The monoisotopic (exact) mass is 168 g/mol. The van der Waals surface area contributed by atoms with E-state index in [1.54, 1.807) is 6.92 Å². The van der Waals surface area contributed by atoms with Gasteiger partial charge in [-0.05, 0) is 18.6 Å². The van der Waals surface area contributed by atoms with Crippen molar-refractivity contribution in [3.05, 3.63) is 24.0 Å². The molecule has 0 radical (unpaired) electrons. The van der Waals surface area contributed by atoms with Gasteiger partial charge >= 0.3 is 0 Å². The molecule has 4 heteroatoms. The molecular formula is C8H12N2O2. The Kier molecular flexibility index (Phi) is 2.62. The lowest BCUT2D eigenvalue weighted by Crippen LogP contribution is -2.23. The van der Waals surface area contributed by atoms with Gasteiger partial charge in [-0.2, -0.15) is 0 Å². The molecule has 0 saturated carbocycles. The van der Waals surface area contributed by atoms with E-state index in [0.717, 1.165) is 0 Å². The summed E-state index contributed by atoms with van der Waals surface area (Å²) in [5, 5.41) is 18.2. The van der Waals surface area contributed by atoms with Crippen molar-refractivity contribution in [3.8, 4) is 5.75 Å². The molecule has 2 atom stereocenters. The summed E-state index contributed by atoms with van der Waals surface area (Å²) in [5.74, 6) is 0.0589. The second-order valence-electron chi connectivity index (χ2n) is 2.74. The van der Waals surface area contributed by atoms with Gasteiger partial charge in [0.15, 0.2) is 0 Å². The van der Waals surface area contributed by atoms with E-state index in [0.29, 0.717) is 5.56 Å². The van der Waals surface area contributed by atoms with Crippen LogP contribution in [0.5, 0.6) is 5.75 Å². The molecule has 0 aromatic carbocycles. The average Bonchev–Trinajstić information content (AvgIpc) is 2.03. The summed E-state index contributed by atoms with van der Waals surface area (Å²) in [7, 11) is 0. The van der Waals surface area contributed by atoms with Crippen LogP contribution in [-0.2, 0) is 0 Å². The summed E-state index contributed by atoms with van der Waals surface area (Å²) in [4.78, 5) is 3.75. The Morgan fingerprint density at radius 1 is 1.50 bits per heavy atom. The van der Waals surface area contributed by atoms with Gasteiger partial charge in [0, 0.05) is 6.20 Å². The van der Waals surface area contributed by atoms with Gasteiger partial charge in [-0.1, -0.05) is 0 Å². The number of aliphatic hydroxyl groups excluding tert-OH is 1. The SMILES string of the molecule is C[C@H](O)[C@H](N)c1cncc(O)c1. The molecule has 1 aromatic rings. The van der Waals surface area contributed by atoms with Crippen LogP contribution < -0.4 is 5.73 Å². The summed E-state index contributed by atoms with van der Waals surface area (Å²) >= 11 is 0. The molecule has 12 heavy (non-hydrogen) atoms. The van der Waals surface area contributed by atoms with Gasteiger partial charge in [0.1, 0.15) is 5.75 Å². The molecule has 0 aliphatic rings. The molecule has 0 bridgehead atoms. The first kappa shape index (κ1) is 8.96. The number of aliphatic hydroxyl groups is 1. The van der Waals surface area contributed by atoms with Crippen molar-refractivity contribution < 1.29 is 10.2 Å². The maximum Gasteiger partial charge on any atom is 0.134 e. The Hall–Kier alpha value is -1.13. The van der Waals surface area contributed by atoms with E-state index in [9.17, 15) is 0 Å². The van der Waals surface area contributed by atoms with Crippen molar-refractivity contribution in [3.63, 3.8) is 0 Å². The molecule has 0 spiro atoms. The molecule has 4 N–H and O–H groups in total. The smallest absolute Gasteiger partial charge is 0.134 e. The topological polar surface area (TPSA) is 79.4 Å². The Bertz CT molecular complexity index is 263. The van der Waals surface area contributed by atoms with E-state index in [-0.39, 0.29) is 5.75 Å². The first-order valence-electron chi connectivity index (χ1n) is 3.69. The lowest BCUT2D eigenvalue weighted by molar-refractivity contribution is 0.164. The summed E-state index contributed by atoms with van der Waals surface area (Å²) in [6.07, 6.45) is 2.20. The molecule has 0 amide bonds. The highest BCUT2D eigenvalue weighted by molar-refractivity contribution is 5.24. The largest absolute Gasteiger partial charge is 0.506 e. The predicted octanol–water partition coefficient (Wildman–Crippen LogP) is 0.168. The number of aromatic hydroxyl groups is 1. The number of pyridine rings is 1. The van der Waals surface area contributed by atoms with Gasteiger partial charge in [-0.3, -0.25) is 4.98 Å². The lowest BCUT2D eigenvalue weighted by Gasteiger charge is -2.14. The molecule has 0 aliphatic carbocycles. The third-order valence-corrected chi connectivity index (χ3v) is 1.65. The molecule has 1 aromatic heterocycles. The van der Waals surface area contributed by atoms with Crippen LogP contribution in [-0.4, -0.2) is 21.3 Å². The number of hydrogen-bond acceptors (Lipinski definition) is 4. The number of nitrogens with two attached hydrogens (primary N) is 1. The molecule has 4 nitrogen and oxygen atoms in total. The molecule has 1 heterocycles. The van der Waals surface area contributed by atoms with Gasteiger partial charge < -0.3 is 15.9 Å². The van der Waals surface area contributed by atoms with E-state index in [1.807, 2.05) is 0 Å². The summed E-state index contributed by atoms with van der Waals surface area (Å²) < 4.78 is 0. The standard InChI is InChI=1S/C8H12N2O2/c1-5(11)8(9)6-2-7(12)4-10-3-6/h2-5,8,11-12H,9H2,1H3/t5-,8-/m0/s1. The zero-order valence-electron chi connectivity index (χ0n) is 6.81. The van der Waals surface area contributed by atoms with Crippen molar-refractivity contribution in [2.45, 2.75) is 19.1 Å². The van der Waals surface area contributed by atoms with Crippen molar-refractivity contribution in [1.82, 2.24) is 4.98 Å². The minimum absolute atomic E-state index is 0.0589. The van der Waals surface area contributed by atoms with Crippen LogP contribution in [0.3, 0.4) is 0 Å². The molecule has 66 valence electrons. The maximum absolute atomic E-state index is 9.13. The average molecular weight is 168 g/mol. The van der Waals surface area contributed by atoms with Crippen LogP contribution >= 0.6 is 0 Å². The highest BCUT2D eigenvalue weighted by Crippen LogP contribution is 2.16. The molecule has 0 aliphatic heterocycles. The van der Waals surface area contributed by atoms with Crippen LogP contribution in [0.1, 0.15) is 18.5 Å². The van der Waals surface area contributed by atoms with Crippen molar-refractivity contribution in [2.75, 3.05) is 0 Å². The Labute approximate surface area is 70.7 Å². The lowest BCUT2D eigenvalue weighted by atomic mass is 10.1. The maximum atomic E-state index is 9.13. The number of aromatic nitrogens is 1. The third-order valence-electron chi connectivity index (χ3n) is 1.65. The van der Waals surface area contributed by atoms with Crippen LogP contribution in [0.15, 0.2) is 18.5 Å². The van der Waals surface area contributed by atoms with Gasteiger partial charge in [-0.25, -0.2) is 0 Å². The highest BCUT2D eigenvalue weighted by Gasteiger charge is 2.12. The fourth-order valence-electron chi connectivity index (χ4n) is 0.906. The molecule has 0 unspecified atom stereocenters.